The summed E-state index contributed by atoms with van der Waals surface area (Å²) in [6.07, 6.45) is 1.81. The van der Waals surface area contributed by atoms with Crippen molar-refractivity contribution in [1.82, 2.24) is 19.5 Å². The number of aromatic nitrogens is 1. The molecule has 0 radical (unpaired) electrons. The molecule has 1 aromatic rings. The average Bonchev–Trinajstić information content (AvgIpc) is 2.66. The van der Waals surface area contributed by atoms with Gasteiger partial charge in [0, 0.05) is 38.9 Å². The third-order valence-corrected chi connectivity index (χ3v) is 6.39. The molecule has 2 heterocycles. The number of guanidine groups is 1. The third kappa shape index (κ3) is 8.35. The summed E-state index contributed by atoms with van der Waals surface area (Å²) in [4.78, 5) is 11.2. The van der Waals surface area contributed by atoms with Crippen molar-refractivity contribution in [3.05, 3.63) is 29.6 Å². The van der Waals surface area contributed by atoms with E-state index >= 15 is 0 Å². The van der Waals surface area contributed by atoms with E-state index in [9.17, 15) is 8.42 Å². The van der Waals surface area contributed by atoms with E-state index < -0.39 is 10.0 Å². The molecule has 0 bridgehead atoms. The van der Waals surface area contributed by atoms with E-state index in [0.717, 1.165) is 23.8 Å². The molecule has 0 atom stereocenters. The van der Waals surface area contributed by atoms with Crippen LogP contribution in [0.3, 0.4) is 0 Å². The maximum Gasteiger partial charge on any atom is 0.216 e. The van der Waals surface area contributed by atoms with Crippen molar-refractivity contribution in [1.29, 1.82) is 0 Å². The lowest BCUT2D eigenvalue weighted by atomic mass is 10.2. The Balaban J connectivity index is 0.00000420. The van der Waals surface area contributed by atoms with Crippen molar-refractivity contribution in [3.8, 4) is 0 Å². The van der Waals surface area contributed by atoms with Crippen molar-refractivity contribution < 1.29 is 13.2 Å². The number of rotatable bonds is 8. The molecule has 0 saturated carbocycles. The van der Waals surface area contributed by atoms with Gasteiger partial charge in [-0.3, -0.25) is 4.98 Å². The second kappa shape index (κ2) is 12.7. The van der Waals surface area contributed by atoms with Gasteiger partial charge >= 0.3 is 0 Å². The number of ether oxygens (including phenoxy) is 1. The van der Waals surface area contributed by atoms with E-state index in [0.29, 0.717) is 32.7 Å². The molecule has 0 aliphatic carbocycles. The molecule has 29 heavy (non-hydrogen) atoms. The quantitative estimate of drug-likeness (QED) is 0.308. The average molecular weight is 539 g/mol. The summed E-state index contributed by atoms with van der Waals surface area (Å²) in [6, 6.07) is 3.94. The largest absolute Gasteiger partial charge is 0.378 e. The summed E-state index contributed by atoms with van der Waals surface area (Å²) in [5.74, 6) is 0.825. The van der Waals surface area contributed by atoms with Gasteiger partial charge in [0.25, 0.3) is 0 Å². The maximum absolute atomic E-state index is 12.5. The number of aliphatic imine (C=N–C) groups is 1. The van der Waals surface area contributed by atoms with Crippen molar-refractivity contribution >= 4 is 40.0 Å². The van der Waals surface area contributed by atoms with Crippen LogP contribution in [0.25, 0.3) is 0 Å². The van der Waals surface area contributed by atoms with Gasteiger partial charge in [-0.25, -0.2) is 13.4 Å². The maximum atomic E-state index is 12.5. The first kappa shape index (κ1) is 26.1. The van der Waals surface area contributed by atoms with Gasteiger partial charge in [0.2, 0.25) is 10.0 Å². The van der Waals surface area contributed by atoms with Gasteiger partial charge in [-0.15, -0.1) is 24.0 Å². The van der Waals surface area contributed by atoms with Gasteiger partial charge < -0.3 is 15.0 Å². The number of nitrogens with one attached hydrogen (secondary N) is 1. The Bertz CT molecular complexity index is 750. The Labute approximate surface area is 192 Å². The van der Waals surface area contributed by atoms with Crippen molar-refractivity contribution in [3.63, 3.8) is 0 Å². The number of piperazine rings is 1. The zero-order chi connectivity index (χ0) is 20.6. The number of hydrogen-bond donors (Lipinski definition) is 1. The molecule has 0 aromatic carbocycles. The second-order valence-corrected chi connectivity index (χ2v) is 9.15. The molecule has 1 saturated heterocycles. The van der Waals surface area contributed by atoms with Crippen molar-refractivity contribution in [2.45, 2.75) is 40.3 Å². The molecule has 0 amide bonds. The Hall–Kier alpha value is -0.980. The lowest BCUT2D eigenvalue weighted by Gasteiger charge is -2.35. The standard InChI is InChI=1S/C19H33N5O3S.HI/c1-5-20-19(22-15-18-17(4)7-6-8-21-18)23-9-11-24(12-10-23)28(25,26)14-13-27-16(2)3;/h6-8,16H,5,9-15H2,1-4H3,(H,20,22);1H. The van der Waals surface area contributed by atoms with Crippen molar-refractivity contribution in [2.75, 3.05) is 45.1 Å². The summed E-state index contributed by atoms with van der Waals surface area (Å²) in [7, 11) is -3.29. The van der Waals surface area contributed by atoms with Crippen LogP contribution in [-0.4, -0.2) is 79.8 Å². The minimum Gasteiger partial charge on any atom is -0.378 e. The lowest BCUT2D eigenvalue weighted by Crippen LogP contribution is -2.54. The van der Waals surface area contributed by atoms with Gasteiger partial charge in [-0.05, 0) is 39.3 Å². The summed E-state index contributed by atoms with van der Waals surface area (Å²) in [5.41, 5.74) is 2.06. The van der Waals surface area contributed by atoms with Crippen LogP contribution < -0.4 is 5.32 Å². The summed E-state index contributed by atoms with van der Waals surface area (Å²) >= 11 is 0. The molecule has 1 aromatic heterocycles. The molecule has 1 N–H and O–H groups in total. The van der Waals surface area contributed by atoms with Crippen LogP contribution in [0.1, 0.15) is 32.0 Å². The fraction of sp³-hybridized carbons (Fsp3) is 0.684. The Morgan fingerprint density at radius 1 is 1.31 bits per heavy atom. The number of nitrogens with zero attached hydrogens (tertiary/aromatic N) is 4. The molecular weight excluding hydrogens is 505 g/mol. The zero-order valence-corrected chi connectivity index (χ0v) is 20.9. The molecule has 1 aliphatic rings. The van der Waals surface area contributed by atoms with Crippen molar-refractivity contribution in [2.24, 2.45) is 4.99 Å². The number of aryl methyl sites for hydroxylation is 1. The molecule has 0 spiro atoms. The van der Waals surface area contributed by atoms with Gasteiger partial charge in [-0.2, -0.15) is 4.31 Å². The first-order valence-corrected chi connectivity index (χ1v) is 11.5. The fourth-order valence-electron chi connectivity index (χ4n) is 2.96. The molecule has 1 fully saturated rings. The van der Waals surface area contributed by atoms with E-state index in [1.165, 1.54) is 0 Å². The summed E-state index contributed by atoms with van der Waals surface area (Å²) < 4.78 is 31.9. The number of pyridine rings is 1. The van der Waals surface area contributed by atoms with Crippen LogP contribution in [0.4, 0.5) is 0 Å². The van der Waals surface area contributed by atoms with Crippen LogP contribution in [0.15, 0.2) is 23.3 Å². The first-order chi connectivity index (χ1) is 13.3. The van der Waals surface area contributed by atoms with Crippen LogP contribution >= 0.6 is 24.0 Å². The SMILES string of the molecule is CCNC(=NCc1ncccc1C)N1CCN(S(=O)(=O)CCOC(C)C)CC1.I. The van der Waals surface area contributed by atoms with E-state index in [1.54, 1.807) is 10.5 Å². The third-order valence-electron chi connectivity index (χ3n) is 4.56. The van der Waals surface area contributed by atoms with Crippen LogP contribution in [0.2, 0.25) is 0 Å². The van der Waals surface area contributed by atoms with E-state index in [4.69, 9.17) is 9.73 Å². The summed E-state index contributed by atoms with van der Waals surface area (Å²) in [5, 5.41) is 3.30. The molecule has 0 unspecified atom stereocenters. The number of hydrogen-bond acceptors (Lipinski definition) is 5. The molecule has 8 nitrogen and oxygen atoms in total. The highest BCUT2D eigenvalue weighted by molar-refractivity contribution is 14.0. The highest BCUT2D eigenvalue weighted by atomic mass is 127. The topological polar surface area (TPSA) is 87.1 Å². The predicted octanol–water partition coefficient (Wildman–Crippen LogP) is 1.85. The van der Waals surface area contributed by atoms with E-state index in [2.05, 4.69) is 15.2 Å². The second-order valence-electron chi connectivity index (χ2n) is 7.06. The first-order valence-electron chi connectivity index (χ1n) is 9.86. The van der Waals surface area contributed by atoms with Gasteiger partial charge in [0.05, 0.1) is 30.7 Å². The Morgan fingerprint density at radius 3 is 2.59 bits per heavy atom. The Morgan fingerprint density at radius 2 is 2.00 bits per heavy atom. The molecule has 10 heteroatoms. The van der Waals surface area contributed by atoms with Crippen LogP contribution in [0, 0.1) is 6.92 Å². The van der Waals surface area contributed by atoms with E-state index in [1.807, 2.05) is 39.8 Å². The smallest absolute Gasteiger partial charge is 0.216 e. The summed E-state index contributed by atoms with van der Waals surface area (Å²) in [6.45, 7) is 11.5. The zero-order valence-electron chi connectivity index (χ0n) is 17.8. The minimum absolute atomic E-state index is 0. The highest BCUT2D eigenvalue weighted by Gasteiger charge is 2.28. The molecule has 166 valence electrons. The predicted molar refractivity (Wildman–Crippen MR) is 127 cm³/mol. The molecular formula is C19H34IN5O3S. The van der Waals surface area contributed by atoms with E-state index in [-0.39, 0.29) is 42.4 Å². The van der Waals surface area contributed by atoms with Gasteiger partial charge in [0.1, 0.15) is 0 Å². The minimum atomic E-state index is -3.29. The fourth-order valence-corrected chi connectivity index (χ4v) is 4.24. The lowest BCUT2D eigenvalue weighted by molar-refractivity contribution is 0.0904. The molecule has 1 aliphatic heterocycles. The van der Waals surface area contributed by atoms with Crippen LogP contribution in [-0.2, 0) is 21.3 Å². The molecule has 2 rings (SSSR count). The van der Waals surface area contributed by atoms with Crippen LogP contribution in [0.5, 0.6) is 0 Å². The number of sulfonamides is 1. The van der Waals surface area contributed by atoms with Gasteiger partial charge in [-0.1, -0.05) is 6.07 Å². The number of halogens is 1. The Kier molecular flexibility index (Phi) is 11.4. The monoisotopic (exact) mass is 539 g/mol. The normalized spacial score (nSPS) is 16.0. The van der Waals surface area contributed by atoms with Gasteiger partial charge in [0.15, 0.2) is 5.96 Å². The highest BCUT2D eigenvalue weighted by Crippen LogP contribution is 2.10.